The number of fused-ring (bicyclic) bond motifs is 1. The minimum atomic E-state index is -1.87. The normalized spacial score (nSPS) is 14.9. The molecule has 0 spiro atoms. The van der Waals surface area contributed by atoms with Crippen LogP contribution in [-0.2, 0) is 96.0 Å². The average Bonchev–Trinajstić information content (AvgIpc) is 1.70. The van der Waals surface area contributed by atoms with Gasteiger partial charge in [-0.15, -0.1) is 0 Å². The van der Waals surface area contributed by atoms with Gasteiger partial charge in [-0.2, -0.15) is 11.8 Å². The summed E-state index contributed by atoms with van der Waals surface area (Å²) in [6.07, 6.45) is 3.25. The molecule has 0 bridgehead atoms. The van der Waals surface area contributed by atoms with Crippen molar-refractivity contribution in [1.82, 2.24) is 79.4 Å². The number of aliphatic hydroxyl groups excluding tert-OH is 2. The summed E-state index contributed by atoms with van der Waals surface area (Å²) in [6, 6.07) is 4.01. The first-order chi connectivity index (χ1) is 60.3. The van der Waals surface area contributed by atoms with Crippen molar-refractivity contribution < 1.29 is 86.9 Å². The van der Waals surface area contributed by atoms with Crippen LogP contribution >= 0.6 is 11.8 Å². The molecule has 0 unspecified atom stereocenters. The van der Waals surface area contributed by atoms with Crippen LogP contribution in [-0.4, -0.2) is 245 Å². The van der Waals surface area contributed by atoms with Gasteiger partial charge in [0.2, 0.25) is 94.5 Å². The Hall–Kier alpha value is -11.2. The van der Waals surface area contributed by atoms with Gasteiger partial charge in [0.15, 0.2) is 0 Å². The summed E-state index contributed by atoms with van der Waals surface area (Å²) in [7, 11) is 0. The van der Waals surface area contributed by atoms with Gasteiger partial charge in [-0.05, 0) is 176 Å². The van der Waals surface area contributed by atoms with Crippen molar-refractivity contribution in [2.24, 2.45) is 52.2 Å². The number of primary amides is 2. The number of benzene rings is 3. The van der Waals surface area contributed by atoms with Crippen LogP contribution in [0, 0.1) is 17.8 Å². The van der Waals surface area contributed by atoms with Crippen molar-refractivity contribution in [2.45, 2.75) is 262 Å². The molecule has 15 atom stereocenters. The number of carbonyl (C=O) groups is 16. The number of amides is 16. The van der Waals surface area contributed by atoms with E-state index in [1.165, 1.54) is 25.6 Å². The fraction of sp³-hybridized carbons (Fsp3) is 0.586. The molecule has 0 fully saturated rings. The van der Waals surface area contributed by atoms with Gasteiger partial charge in [-0.1, -0.05) is 120 Å². The summed E-state index contributed by atoms with van der Waals surface area (Å²) in [5, 5.41) is 59.0. The predicted octanol–water partition coefficient (Wildman–Crippen LogP) is -2.64. The fourth-order valence-electron chi connectivity index (χ4n) is 13.7. The Labute approximate surface area is 746 Å². The van der Waals surface area contributed by atoms with Crippen LogP contribution in [0.3, 0.4) is 0 Å². The van der Waals surface area contributed by atoms with E-state index in [-0.39, 0.29) is 95.1 Å². The lowest BCUT2D eigenvalue weighted by atomic mass is 10.00. The Kier molecular flexibility index (Phi) is 49.0. The number of aliphatic hydroxyl groups is 2. The number of hydrogen-bond acceptors (Lipinski definition) is 23. The molecule has 1 heterocycles. The average molecular weight is 1800 g/mol. The number of unbranched alkanes of at least 4 members (excludes halogenated alkanes) is 3. The van der Waals surface area contributed by atoms with Gasteiger partial charge in [0.25, 0.3) is 0 Å². The molecule has 3 aromatic carbocycles. The molecule has 16 amide bonds. The van der Waals surface area contributed by atoms with Gasteiger partial charge in [0.05, 0.1) is 25.3 Å². The van der Waals surface area contributed by atoms with Gasteiger partial charge < -0.3 is 124 Å². The molecule has 0 radical (unpaired) electrons. The molecule has 0 aliphatic carbocycles. The second-order valence-corrected chi connectivity index (χ2v) is 34.1. The summed E-state index contributed by atoms with van der Waals surface area (Å²) in [4.78, 5) is 227. The van der Waals surface area contributed by atoms with E-state index in [2.05, 4.69) is 79.4 Å². The van der Waals surface area contributed by atoms with Crippen LogP contribution in [0.5, 0.6) is 0 Å². The number of carbonyl (C=O) groups excluding carboxylic acids is 16. The third-order valence-corrected chi connectivity index (χ3v) is 21.3. The third-order valence-electron chi connectivity index (χ3n) is 20.7. The summed E-state index contributed by atoms with van der Waals surface area (Å²) in [5.74, 6) is -14.2. The highest BCUT2D eigenvalue weighted by Crippen LogP contribution is 2.21. The SMILES string of the molecule is CSCC[C@H](NC(=O)[C@H](CC(C)C)NC(=O)CNC(=O)[C@H](Cc1ccccc1)NC(=O)[C@H](Cc1ccccc1)NC(=O)[C@H](CCC(N)=O)NC(=O)[C@H](CO)NC(=O)[C@H](C)NC(=O)[C@H](CCCCN)NC(=O)[C@H](CC(C)C)NC(=O)[C@@H](NC(=O)[C@H](Cc1c[nH]c2ccccc12)NC(=O)[C@H](CCCCN)NC(=O)[C@H](CCCCN)NC(=O)[C@@H](N)CC(C)C)[C@@H](C)O)C(N)=O. The molecule has 0 aliphatic heterocycles. The molecule has 29 N–H and O–H groups in total. The number of para-hydroxylation sites is 1. The standard InChI is InChI=1S/C87H137N21O18S/c1-49(2)40-58(91)76(115)99-62(31-19-22-37-89)79(118)100-63(32-20-23-38-90)80(119)105-69(45-56-46-94-59-29-17-16-28-57(56)59)85(124)108-73(53(8)110)87(126)106-66(42-51(5)6)83(122)101-61(30-18-21-36-88)78(117)96-52(7)75(114)107-70(48-109)86(125)102-64(33-34-71(92)111)81(120)104-68(44-55-26-14-11-15-27-55)84(123)103-67(43-54-24-12-10-13-25-54)77(116)95-47-72(112)97-65(41-50(3)4)82(121)98-60(74(93)113)35-39-127-9/h10-17,24-29,46,49-53,58,60-70,73,94,109-110H,18-23,30-45,47-48,88-91H2,1-9H3,(H2,92,111)(H2,93,113)(H,95,116)(H,96,117)(H,97,112)(H,98,121)(H,99,115)(H,100,118)(H,101,122)(H,102,125)(H,103,123)(H,104,120)(H,105,119)(H,106,126)(H,107,114)(H,108,124)/t52-,53+,58-,60-,61-,62-,63-,64-,65-,66-,67-,68-,69-,70-,73-/m0/s1. The maximum Gasteiger partial charge on any atom is 0.245 e. The van der Waals surface area contributed by atoms with Crippen LogP contribution in [0.25, 0.3) is 10.9 Å². The number of H-pyrrole nitrogens is 1. The maximum atomic E-state index is 14.9. The highest BCUT2D eigenvalue weighted by atomic mass is 32.2. The monoisotopic (exact) mass is 1800 g/mol. The van der Waals surface area contributed by atoms with Crippen molar-refractivity contribution in [1.29, 1.82) is 0 Å². The second kappa shape index (κ2) is 57.5. The van der Waals surface area contributed by atoms with Gasteiger partial charge in [0, 0.05) is 42.8 Å². The summed E-state index contributed by atoms with van der Waals surface area (Å²) >= 11 is 1.44. The van der Waals surface area contributed by atoms with E-state index in [0.717, 1.165) is 0 Å². The van der Waals surface area contributed by atoms with Crippen LogP contribution in [0.15, 0.2) is 91.1 Å². The number of aromatic amines is 1. The molecule has 0 saturated carbocycles. The van der Waals surface area contributed by atoms with Gasteiger partial charge >= 0.3 is 0 Å². The highest BCUT2D eigenvalue weighted by molar-refractivity contribution is 7.98. The van der Waals surface area contributed by atoms with Crippen LogP contribution < -0.4 is 109 Å². The minimum Gasteiger partial charge on any atom is -0.394 e. The van der Waals surface area contributed by atoms with E-state index < -0.39 is 211 Å². The van der Waals surface area contributed by atoms with Crippen LogP contribution in [0.2, 0.25) is 0 Å². The van der Waals surface area contributed by atoms with E-state index in [1.54, 1.807) is 105 Å². The number of aromatic nitrogens is 1. The first-order valence-electron chi connectivity index (χ1n) is 43.4. The molecule has 40 heteroatoms. The van der Waals surface area contributed by atoms with E-state index in [0.29, 0.717) is 78.4 Å². The van der Waals surface area contributed by atoms with Crippen LogP contribution in [0.1, 0.15) is 168 Å². The summed E-state index contributed by atoms with van der Waals surface area (Å²) < 4.78 is 0. The Balaban J connectivity index is 1.57. The van der Waals surface area contributed by atoms with Crippen molar-refractivity contribution in [2.75, 3.05) is 44.8 Å². The molecule has 1 aromatic heterocycles. The zero-order valence-corrected chi connectivity index (χ0v) is 75.1. The fourth-order valence-corrected chi connectivity index (χ4v) is 14.2. The molecule has 39 nitrogen and oxygen atoms in total. The van der Waals surface area contributed by atoms with Crippen molar-refractivity contribution in [3.8, 4) is 0 Å². The topological polar surface area (TPSA) is 654 Å². The maximum absolute atomic E-state index is 14.9. The minimum absolute atomic E-state index is 0.0381. The van der Waals surface area contributed by atoms with Crippen molar-refractivity contribution >= 4 is 117 Å². The lowest BCUT2D eigenvalue weighted by Gasteiger charge is -2.29. The largest absolute Gasteiger partial charge is 0.394 e. The molecule has 127 heavy (non-hydrogen) atoms. The Morgan fingerprint density at radius 3 is 1.24 bits per heavy atom. The quantitative estimate of drug-likeness (QED) is 0.0201. The Morgan fingerprint density at radius 2 is 0.780 bits per heavy atom. The number of thioether (sulfide) groups is 1. The summed E-state index contributed by atoms with van der Waals surface area (Å²) in [6.45, 7) is 12.2. The smallest absolute Gasteiger partial charge is 0.245 e. The van der Waals surface area contributed by atoms with E-state index in [4.69, 9.17) is 34.4 Å². The van der Waals surface area contributed by atoms with E-state index >= 15 is 0 Å². The molecule has 4 rings (SSSR count). The number of hydrogen-bond donors (Lipinski definition) is 23. The van der Waals surface area contributed by atoms with Crippen molar-refractivity contribution in [3.63, 3.8) is 0 Å². The van der Waals surface area contributed by atoms with Gasteiger partial charge in [-0.25, -0.2) is 0 Å². The Morgan fingerprint density at radius 1 is 0.394 bits per heavy atom. The molecule has 4 aromatic rings. The van der Waals surface area contributed by atoms with E-state index in [9.17, 15) is 86.9 Å². The zero-order valence-electron chi connectivity index (χ0n) is 74.3. The molecule has 0 aliphatic rings. The zero-order chi connectivity index (χ0) is 94.4. The second-order valence-electron chi connectivity index (χ2n) is 33.1. The lowest BCUT2D eigenvalue weighted by Crippen LogP contribution is -2.62. The van der Waals surface area contributed by atoms with Gasteiger partial charge in [0.1, 0.15) is 78.5 Å². The molecule has 704 valence electrons. The number of nitrogens with one attached hydrogen (secondary N) is 15. The van der Waals surface area contributed by atoms with Crippen molar-refractivity contribution in [3.05, 3.63) is 108 Å². The van der Waals surface area contributed by atoms with Crippen LogP contribution in [0.4, 0.5) is 0 Å². The number of rotatable bonds is 61. The molecular formula is C87H137N21O18S. The van der Waals surface area contributed by atoms with E-state index in [1.807, 2.05) is 34.0 Å². The predicted molar refractivity (Wildman–Crippen MR) is 481 cm³/mol. The Bertz CT molecular complexity index is 4220. The first kappa shape index (κ1) is 108. The molecular weight excluding hydrogens is 1660 g/mol. The lowest BCUT2D eigenvalue weighted by molar-refractivity contribution is -0.137. The third kappa shape index (κ3) is 39.7. The number of nitrogens with two attached hydrogens (primary N) is 6. The van der Waals surface area contributed by atoms with Gasteiger partial charge in [-0.3, -0.25) is 76.7 Å². The first-order valence-corrected chi connectivity index (χ1v) is 44.8. The molecule has 0 saturated heterocycles. The highest BCUT2D eigenvalue weighted by Gasteiger charge is 2.39. The summed E-state index contributed by atoms with van der Waals surface area (Å²) in [5.41, 5.74) is 37.1.